The van der Waals surface area contributed by atoms with Crippen molar-refractivity contribution in [3.05, 3.63) is 0 Å². The first-order valence-electron chi connectivity index (χ1n) is 6.80. The molecule has 0 aromatic rings. The first-order chi connectivity index (χ1) is 8.21. The van der Waals surface area contributed by atoms with Crippen molar-refractivity contribution < 1.29 is 9.84 Å². The summed E-state index contributed by atoms with van der Waals surface area (Å²) in [5.41, 5.74) is -0.0418. The van der Waals surface area contributed by atoms with E-state index in [1.54, 1.807) is 7.11 Å². The summed E-state index contributed by atoms with van der Waals surface area (Å²) in [6.07, 6.45) is 3.30. The smallest absolute Gasteiger partial charge is 0.0613 e. The molecule has 17 heavy (non-hydrogen) atoms. The molecule has 4 nitrogen and oxygen atoms in total. The number of nitrogens with one attached hydrogen (secondary N) is 1. The van der Waals surface area contributed by atoms with E-state index >= 15 is 0 Å². The summed E-state index contributed by atoms with van der Waals surface area (Å²) in [5, 5.41) is 13.1. The number of hydrogen-bond acceptors (Lipinski definition) is 4. The molecule has 102 valence electrons. The maximum atomic E-state index is 9.59. The van der Waals surface area contributed by atoms with Crippen LogP contribution >= 0.6 is 0 Å². The van der Waals surface area contributed by atoms with E-state index in [4.69, 9.17) is 4.74 Å². The van der Waals surface area contributed by atoms with Gasteiger partial charge in [-0.05, 0) is 32.4 Å². The van der Waals surface area contributed by atoms with Crippen LogP contribution in [-0.4, -0.2) is 61.5 Å². The van der Waals surface area contributed by atoms with Gasteiger partial charge in [-0.1, -0.05) is 13.8 Å². The molecular weight excluding hydrogens is 216 g/mol. The van der Waals surface area contributed by atoms with Crippen LogP contribution in [0.3, 0.4) is 0 Å². The Hall–Kier alpha value is -0.160. The van der Waals surface area contributed by atoms with Crippen LogP contribution in [0.15, 0.2) is 0 Å². The van der Waals surface area contributed by atoms with Crippen molar-refractivity contribution in [1.82, 2.24) is 10.2 Å². The maximum absolute atomic E-state index is 9.59. The van der Waals surface area contributed by atoms with Crippen molar-refractivity contribution in [3.8, 4) is 0 Å². The van der Waals surface area contributed by atoms with E-state index < -0.39 is 0 Å². The molecule has 0 aromatic heterocycles. The molecule has 2 N–H and O–H groups in total. The summed E-state index contributed by atoms with van der Waals surface area (Å²) < 4.78 is 5.15. The van der Waals surface area contributed by atoms with Crippen molar-refractivity contribution in [2.24, 2.45) is 0 Å². The highest BCUT2D eigenvalue weighted by molar-refractivity contribution is 4.99. The molecule has 0 spiro atoms. The molecule has 2 unspecified atom stereocenters. The topological polar surface area (TPSA) is 44.7 Å². The first-order valence-corrected chi connectivity index (χ1v) is 6.80. The Labute approximate surface area is 105 Å². The third kappa shape index (κ3) is 3.91. The summed E-state index contributed by atoms with van der Waals surface area (Å²) in [6, 6.07) is 0.585. The number of ether oxygens (including phenoxy) is 1. The van der Waals surface area contributed by atoms with E-state index in [9.17, 15) is 5.11 Å². The van der Waals surface area contributed by atoms with Crippen molar-refractivity contribution in [2.75, 3.05) is 40.0 Å². The van der Waals surface area contributed by atoms with Gasteiger partial charge in [0.2, 0.25) is 0 Å². The van der Waals surface area contributed by atoms with Gasteiger partial charge in [-0.25, -0.2) is 0 Å². The Balaban J connectivity index is 2.51. The number of nitrogens with zero attached hydrogens (tertiary/aromatic N) is 1. The number of rotatable bonds is 8. The van der Waals surface area contributed by atoms with Crippen LogP contribution in [0, 0.1) is 0 Å². The average molecular weight is 244 g/mol. The highest BCUT2D eigenvalue weighted by Gasteiger charge is 2.39. The SMILES string of the molecule is CCNC1(CO)CCC(N(CC)CCOC)C1. The van der Waals surface area contributed by atoms with Gasteiger partial charge in [0.05, 0.1) is 13.2 Å². The fourth-order valence-corrected chi connectivity index (χ4v) is 2.95. The van der Waals surface area contributed by atoms with Crippen LogP contribution in [0.5, 0.6) is 0 Å². The summed E-state index contributed by atoms with van der Waals surface area (Å²) in [5.74, 6) is 0. The van der Waals surface area contributed by atoms with Gasteiger partial charge in [0, 0.05) is 25.2 Å². The predicted molar refractivity (Wildman–Crippen MR) is 70.3 cm³/mol. The second-order valence-electron chi connectivity index (χ2n) is 4.99. The zero-order valence-corrected chi connectivity index (χ0v) is 11.5. The van der Waals surface area contributed by atoms with Crippen molar-refractivity contribution in [1.29, 1.82) is 0 Å². The van der Waals surface area contributed by atoms with Crippen LogP contribution in [0.4, 0.5) is 0 Å². The highest BCUT2D eigenvalue weighted by atomic mass is 16.5. The molecule has 1 aliphatic carbocycles. The lowest BCUT2D eigenvalue weighted by atomic mass is 9.98. The fraction of sp³-hybridized carbons (Fsp3) is 1.00. The molecule has 0 bridgehead atoms. The van der Waals surface area contributed by atoms with E-state index in [0.717, 1.165) is 39.1 Å². The maximum Gasteiger partial charge on any atom is 0.0613 e. The third-order valence-electron chi connectivity index (χ3n) is 3.94. The molecule has 0 aromatic carbocycles. The zero-order valence-electron chi connectivity index (χ0n) is 11.5. The standard InChI is InChI=1S/C13H28N2O2/c1-4-14-13(11-16)7-6-12(10-13)15(5-2)8-9-17-3/h12,14,16H,4-11H2,1-3H3. The van der Waals surface area contributed by atoms with Crippen molar-refractivity contribution in [2.45, 2.75) is 44.7 Å². The van der Waals surface area contributed by atoms with Crippen molar-refractivity contribution >= 4 is 0 Å². The Morgan fingerprint density at radius 3 is 2.76 bits per heavy atom. The minimum absolute atomic E-state index is 0.0418. The van der Waals surface area contributed by atoms with Gasteiger partial charge >= 0.3 is 0 Å². The van der Waals surface area contributed by atoms with E-state index in [0.29, 0.717) is 6.04 Å². The molecule has 0 saturated heterocycles. The zero-order chi connectivity index (χ0) is 12.7. The van der Waals surface area contributed by atoms with Crippen LogP contribution in [0.2, 0.25) is 0 Å². The monoisotopic (exact) mass is 244 g/mol. The molecule has 1 aliphatic rings. The molecular formula is C13H28N2O2. The van der Waals surface area contributed by atoms with Crippen LogP contribution in [0.25, 0.3) is 0 Å². The molecule has 0 amide bonds. The van der Waals surface area contributed by atoms with Gasteiger partial charge in [0.1, 0.15) is 0 Å². The summed E-state index contributed by atoms with van der Waals surface area (Å²) >= 11 is 0. The Morgan fingerprint density at radius 1 is 1.47 bits per heavy atom. The lowest BCUT2D eigenvalue weighted by molar-refractivity contribution is 0.113. The van der Waals surface area contributed by atoms with Gasteiger partial charge < -0.3 is 15.2 Å². The number of aliphatic hydroxyl groups is 1. The van der Waals surface area contributed by atoms with Gasteiger partial charge in [-0.15, -0.1) is 0 Å². The largest absolute Gasteiger partial charge is 0.394 e. The molecule has 0 heterocycles. The normalized spacial score (nSPS) is 29.1. The summed E-state index contributed by atoms with van der Waals surface area (Å²) in [7, 11) is 1.75. The van der Waals surface area contributed by atoms with E-state index in [1.165, 1.54) is 6.42 Å². The molecule has 1 saturated carbocycles. The first kappa shape index (κ1) is 14.9. The number of likely N-dealkylation sites (N-methyl/N-ethyl adjacent to an activating group) is 2. The average Bonchev–Trinajstić information content (AvgIpc) is 2.76. The molecule has 1 fully saturated rings. The number of methoxy groups -OCH3 is 1. The Bertz CT molecular complexity index is 214. The van der Waals surface area contributed by atoms with Crippen LogP contribution < -0.4 is 5.32 Å². The fourth-order valence-electron chi connectivity index (χ4n) is 2.95. The Kier molecular flexibility index (Phi) is 6.41. The molecule has 1 rings (SSSR count). The van der Waals surface area contributed by atoms with Gasteiger partial charge in [-0.2, -0.15) is 0 Å². The van der Waals surface area contributed by atoms with Gasteiger partial charge in [0.25, 0.3) is 0 Å². The van der Waals surface area contributed by atoms with E-state index in [2.05, 4.69) is 24.1 Å². The summed E-state index contributed by atoms with van der Waals surface area (Å²) in [4.78, 5) is 2.47. The minimum Gasteiger partial charge on any atom is -0.394 e. The number of aliphatic hydroxyl groups excluding tert-OH is 1. The van der Waals surface area contributed by atoms with Crippen LogP contribution in [-0.2, 0) is 4.74 Å². The Morgan fingerprint density at radius 2 is 2.24 bits per heavy atom. The second kappa shape index (κ2) is 7.31. The van der Waals surface area contributed by atoms with Crippen molar-refractivity contribution in [3.63, 3.8) is 0 Å². The second-order valence-corrected chi connectivity index (χ2v) is 4.99. The van der Waals surface area contributed by atoms with Gasteiger partial charge in [-0.3, -0.25) is 4.90 Å². The highest BCUT2D eigenvalue weighted by Crippen LogP contribution is 2.32. The lowest BCUT2D eigenvalue weighted by Crippen LogP contribution is -2.48. The van der Waals surface area contributed by atoms with Crippen LogP contribution in [0.1, 0.15) is 33.1 Å². The quantitative estimate of drug-likeness (QED) is 0.664. The van der Waals surface area contributed by atoms with E-state index in [-0.39, 0.29) is 12.1 Å². The molecule has 2 atom stereocenters. The number of hydrogen-bond donors (Lipinski definition) is 2. The molecule has 0 aliphatic heterocycles. The molecule has 4 heteroatoms. The third-order valence-corrected chi connectivity index (χ3v) is 3.94. The predicted octanol–water partition coefficient (Wildman–Crippen LogP) is 0.848. The summed E-state index contributed by atoms with van der Waals surface area (Å²) in [6.45, 7) is 8.32. The van der Waals surface area contributed by atoms with Gasteiger partial charge in [0.15, 0.2) is 0 Å². The lowest BCUT2D eigenvalue weighted by Gasteiger charge is -2.31. The minimum atomic E-state index is -0.0418. The van der Waals surface area contributed by atoms with E-state index in [1.807, 2.05) is 0 Å². The molecule has 0 radical (unpaired) electrons.